The molecule has 3 heterocycles. The predicted molar refractivity (Wildman–Crippen MR) is 117 cm³/mol. The second kappa shape index (κ2) is 9.49. The Morgan fingerprint density at radius 1 is 1.13 bits per heavy atom. The van der Waals surface area contributed by atoms with Crippen LogP contribution >= 0.6 is 0 Å². The van der Waals surface area contributed by atoms with Gasteiger partial charge in [0.05, 0.1) is 22.9 Å². The Morgan fingerprint density at radius 2 is 1.93 bits per heavy atom. The summed E-state index contributed by atoms with van der Waals surface area (Å²) in [4.78, 5) is 38.8. The number of aromatic amines is 1. The van der Waals surface area contributed by atoms with E-state index < -0.39 is 5.97 Å². The maximum Gasteiger partial charge on any atom is 0.354 e. The number of aromatic carboxylic acids is 1. The van der Waals surface area contributed by atoms with Crippen LogP contribution in [0.5, 0.6) is 0 Å². The number of hydrogen-bond donors (Lipinski definition) is 2. The molecule has 3 rings (SSSR count). The summed E-state index contributed by atoms with van der Waals surface area (Å²) in [7, 11) is 2.03. The van der Waals surface area contributed by atoms with Gasteiger partial charge in [-0.3, -0.25) is 9.78 Å². The number of H-pyrrole nitrogens is 1. The molecule has 0 aliphatic heterocycles. The van der Waals surface area contributed by atoms with E-state index in [0.717, 1.165) is 47.5 Å². The lowest BCUT2D eigenvalue weighted by Crippen LogP contribution is -2.33. The van der Waals surface area contributed by atoms with Gasteiger partial charge >= 0.3 is 5.97 Å². The molecular weight excluding hydrogens is 382 g/mol. The summed E-state index contributed by atoms with van der Waals surface area (Å²) in [6.45, 7) is 7.08. The highest BCUT2D eigenvalue weighted by Gasteiger charge is 2.10. The van der Waals surface area contributed by atoms with Gasteiger partial charge in [-0.05, 0) is 50.2 Å². The van der Waals surface area contributed by atoms with Crippen LogP contribution in [-0.2, 0) is 13.0 Å². The number of carboxylic acids is 1. The maximum absolute atomic E-state index is 12.1. The van der Waals surface area contributed by atoms with Crippen LogP contribution in [0.3, 0.4) is 0 Å². The number of nitrogens with one attached hydrogen (secondary N) is 1. The molecule has 0 aliphatic carbocycles. The molecule has 0 bridgehead atoms. The fraction of sp³-hybridized carbons (Fsp3) is 0.364. The Hall–Kier alpha value is -3.26. The van der Waals surface area contributed by atoms with Crippen molar-refractivity contribution >= 4 is 22.7 Å². The molecule has 3 aromatic heterocycles. The number of aryl methyl sites for hydroxylation is 1. The number of aromatic nitrogens is 3. The first-order chi connectivity index (χ1) is 14.4. The van der Waals surface area contributed by atoms with E-state index in [1.165, 1.54) is 6.07 Å². The molecule has 0 amide bonds. The van der Waals surface area contributed by atoms with Crippen LogP contribution in [0.1, 0.15) is 35.5 Å². The van der Waals surface area contributed by atoms with Crippen molar-refractivity contribution in [2.45, 2.75) is 26.8 Å². The SMILES string of the molecule is CCc1cc2ncc(CN(C)CCN(CC)c3ccc(C(=O)O)nc3)cc2[nH]c1=O. The molecule has 0 radical (unpaired) electrons. The Morgan fingerprint density at radius 3 is 2.57 bits per heavy atom. The van der Waals surface area contributed by atoms with E-state index in [0.29, 0.717) is 13.0 Å². The lowest BCUT2D eigenvalue weighted by molar-refractivity contribution is 0.0690. The highest BCUT2D eigenvalue weighted by molar-refractivity contribution is 5.85. The quantitative estimate of drug-likeness (QED) is 0.560. The maximum atomic E-state index is 12.1. The third kappa shape index (κ3) is 5.01. The third-order valence-corrected chi connectivity index (χ3v) is 5.12. The van der Waals surface area contributed by atoms with Gasteiger partial charge in [0.15, 0.2) is 0 Å². The van der Waals surface area contributed by atoms with Crippen molar-refractivity contribution in [2.24, 2.45) is 0 Å². The summed E-state index contributed by atoms with van der Waals surface area (Å²) >= 11 is 0. The average Bonchev–Trinajstić information content (AvgIpc) is 2.74. The molecule has 0 fully saturated rings. The number of nitrogens with zero attached hydrogens (tertiary/aromatic N) is 4. The van der Waals surface area contributed by atoms with E-state index >= 15 is 0 Å². The molecule has 0 aliphatic rings. The molecule has 3 aromatic rings. The van der Waals surface area contributed by atoms with E-state index in [4.69, 9.17) is 5.11 Å². The molecular formula is C22H27N5O3. The summed E-state index contributed by atoms with van der Waals surface area (Å²) in [6, 6.07) is 7.14. The number of pyridine rings is 3. The number of hydrogen-bond acceptors (Lipinski definition) is 6. The summed E-state index contributed by atoms with van der Waals surface area (Å²) in [5, 5.41) is 8.99. The number of carboxylic acid groups (broad SMARTS) is 1. The predicted octanol–water partition coefficient (Wildman–Crippen LogP) is 2.54. The van der Waals surface area contributed by atoms with Crippen molar-refractivity contribution in [3.05, 3.63) is 63.8 Å². The smallest absolute Gasteiger partial charge is 0.354 e. The molecule has 0 spiro atoms. The first-order valence-electron chi connectivity index (χ1n) is 10.0. The van der Waals surface area contributed by atoms with Gasteiger partial charge in [0.1, 0.15) is 5.69 Å². The molecule has 158 valence electrons. The lowest BCUT2D eigenvalue weighted by Gasteiger charge is -2.26. The average molecular weight is 409 g/mol. The molecule has 8 nitrogen and oxygen atoms in total. The Kier molecular flexibility index (Phi) is 6.79. The minimum Gasteiger partial charge on any atom is -0.477 e. The van der Waals surface area contributed by atoms with Gasteiger partial charge in [-0.15, -0.1) is 0 Å². The minimum absolute atomic E-state index is 0.0415. The first-order valence-corrected chi connectivity index (χ1v) is 10.0. The summed E-state index contributed by atoms with van der Waals surface area (Å²) < 4.78 is 0. The van der Waals surface area contributed by atoms with Crippen LogP contribution < -0.4 is 10.5 Å². The highest BCUT2D eigenvalue weighted by atomic mass is 16.4. The topological polar surface area (TPSA) is 102 Å². The summed E-state index contributed by atoms with van der Waals surface area (Å²) in [6.07, 6.45) is 4.13. The van der Waals surface area contributed by atoms with E-state index in [1.807, 2.05) is 32.3 Å². The number of fused-ring (bicyclic) bond motifs is 1. The van der Waals surface area contributed by atoms with Crippen molar-refractivity contribution in [3.8, 4) is 0 Å². The zero-order chi connectivity index (χ0) is 21.7. The van der Waals surface area contributed by atoms with Crippen LogP contribution in [0.25, 0.3) is 11.0 Å². The largest absolute Gasteiger partial charge is 0.477 e. The number of likely N-dealkylation sites (N-methyl/N-ethyl adjacent to an activating group) is 2. The second-order valence-electron chi connectivity index (χ2n) is 7.28. The van der Waals surface area contributed by atoms with Gasteiger partial charge in [0, 0.05) is 37.9 Å². The van der Waals surface area contributed by atoms with Gasteiger partial charge in [0.25, 0.3) is 5.56 Å². The fourth-order valence-electron chi connectivity index (χ4n) is 3.37. The third-order valence-electron chi connectivity index (χ3n) is 5.12. The molecule has 0 saturated heterocycles. The Bertz CT molecular complexity index is 1080. The van der Waals surface area contributed by atoms with E-state index in [9.17, 15) is 9.59 Å². The van der Waals surface area contributed by atoms with Crippen LogP contribution in [0, 0.1) is 0 Å². The van der Waals surface area contributed by atoms with Gasteiger partial charge in [-0.1, -0.05) is 6.92 Å². The van der Waals surface area contributed by atoms with E-state index in [2.05, 4.69) is 31.7 Å². The lowest BCUT2D eigenvalue weighted by atomic mass is 10.1. The molecule has 0 aromatic carbocycles. The van der Waals surface area contributed by atoms with Crippen LogP contribution in [0.4, 0.5) is 5.69 Å². The van der Waals surface area contributed by atoms with Crippen LogP contribution in [-0.4, -0.2) is 57.6 Å². The number of carbonyl (C=O) groups is 1. The number of rotatable bonds is 9. The van der Waals surface area contributed by atoms with Gasteiger partial charge in [-0.2, -0.15) is 0 Å². The Labute approximate surface area is 175 Å². The van der Waals surface area contributed by atoms with Crippen molar-refractivity contribution in [1.29, 1.82) is 0 Å². The van der Waals surface area contributed by atoms with Crippen LogP contribution in [0.2, 0.25) is 0 Å². The molecule has 0 saturated carbocycles. The standard InChI is InChI=1S/C22H27N5O3/c1-4-16-11-19-20(25-21(16)28)10-15(12-23-19)14-26(3)8-9-27(5-2)17-6-7-18(22(29)30)24-13-17/h6-7,10-13H,4-5,8-9,14H2,1-3H3,(H,25,28)(H,29,30). The first kappa shape index (κ1) is 21.4. The van der Waals surface area contributed by atoms with Crippen molar-refractivity contribution in [3.63, 3.8) is 0 Å². The van der Waals surface area contributed by atoms with E-state index in [-0.39, 0.29) is 11.3 Å². The molecule has 8 heteroatoms. The Balaban J connectivity index is 1.63. The van der Waals surface area contributed by atoms with Gasteiger partial charge in [0.2, 0.25) is 0 Å². The normalized spacial score (nSPS) is 11.2. The summed E-state index contributed by atoms with van der Waals surface area (Å²) in [5.41, 5.74) is 4.20. The molecule has 0 unspecified atom stereocenters. The fourth-order valence-corrected chi connectivity index (χ4v) is 3.37. The molecule has 30 heavy (non-hydrogen) atoms. The van der Waals surface area contributed by atoms with Gasteiger partial charge in [-0.25, -0.2) is 9.78 Å². The van der Waals surface area contributed by atoms with Crippen molar-refractivity contribution in [2.75, 3.05) is 31.6 Å². The van der Waals surface area contributed by atoms with Crippen molar-refractivity contribution in [1.82, 2.24) is 19.9 Å². The van der Waals surface area contributed by atoms with Crippen LogP contribution in [0.15, 0.2) is 41.5 Å². The minimum atomic E-state index is -1.03. The van der Waals surface area contributed by atoms with E-state index in [1.54, 1.807) is 12.3 Å². The molecule has 2 N–H and O–H groups in total. The van der Waals surface area contributed by atoms with Gasteiger partial charge < -0.3 is 19.9 Å². The zero-order valence-electron chi connectivity index (χ0n) is 17.6. The monoisotopic (exact) mass is 409 g/mol. The number of anilines is 1. The molecule has 0 atom stereocenters. The summed E-state index contributed by atoms with van der Waals surface area (Å²) in [5.74, 6) is -1.03. The highest BCUT2D eigenvalue weighted by Crippen LogP contribution is 2.14. The van der Waals surface area contributed by atoms with Crippen molar-refractivity contribution < 1.29 is 9.90 Å². The zero-order valence-corrected chi connectivity index (χ0v) is 17.6. The second-order valence-corrected chi connectivity index (χ2v) is 7.28.